The van der Waals surface area contributed by atoms with Crippen molar-refractivity contribution in [2.45, 2.75) is 285 Å². The highest BCUT2D eigenvalue weighted by molar-refractivity contribution is 6.45. The molecule has 2 atom stereocenters. The lowest BCUT2D eigenvalue weighted by Crippen LogP contribution is -2.42. The largest absolute Gasteiger partial charge is 0.457 e. The fraction of sp³-hybridized carbons (Fsp3) is 0.423. The van der Waals surface area contributed by atoms with Crippen LogP contribution in [0.3, 0.4) is 0 Å². The molecule has 11 aromatic carbocycles. The Morgan fingerprint density at radius 1 is 0.237 bits per heavy atom. The van der Waals surface area contributed by atoms with E-state index in [1.54, 1.807) is 24.3 Å². The van der Waals surface area contributed by atoms with Crippen LogP contribution in [0.4, 0.5) is 0 Å². The van der Waals surface area contributed by atoms with Gasteiger partial charge in [0.05, 0.1) is 34.3 Å². The van der Waals surface area contributed by atoms with Gasteiger partial charge in [-0.25, -0.2) is 0 Å². The number of hydrogen-bond donors (Lipinski definition) is 0. The van der Waals surface area contributed by atoms with E-state index in [1.807, 2.05) is 123 Å². The van der Waals surface area contributed by atoms with E-state index in [0.717, 1.165) is 88.2 Å². The Bertz CT molecular complexity index is 4400. The van der Waals surface area contributed by atoms with Crippen LogP contribution < -0.4 is 18.9 Å². The summed E-state index contributed by atoms with van der Waals surface area (Å²) >= 11 is 0. The maximum absolute atomic E-state index is 16.3. The zero-order valence-corrected chi connectivity index (χ0v) is 69.1. The number of amides is 4. The fourth-order valence-corrected chi connectivity index (χ4v) is 17.6. The van der Waals surface area contributed by atoms with Crippen LogP contribution in [0.2, 0.25) is 0 Å². The first-order chi connectivity index (χ1) is 56.0. The zero-order chi connectivity index (χ0) is 79.1. The highest BCUT2D eigenvalue weighted by Crippen LogP contribution is 2.59. The Morgan fingerprint density at radius 2 is 0.439 bits per heavy atom. The number of rotatable bonds is 48. The van der Waals surface area contributed by atoms with Crippen LogP contribution in [-0.2, 0) is 25.7 Å². The van der Waals surface area contributed by atoms with E-state index in [4.69, 9.17) is 18.9 Å². The van der Waals surface area contributed by atoms with Crippen molar-refractivity contribution in [2.24, 2.45) is 0 Å². The average Bonchev–Trinajstić information content (AvgIpc) is 0.670. The van der Waals surface area contributed by atoms with Crippen molar-refractivity contribution >= 4 is 66.7 Å². The molecule has 0 saturated carbocycles. The number of carbonyl (C=O) groups excluding carboxylic acids is 4. The molecule has 10 nitrogen and oxygen atoms in total. The molecule has 0 aromatic heterocycles. The number of ether oxygens (including phenoxy) is 4. The van der Waals surface area contributed by atoms with E-state index < -0.39 is 35.7 Å². The molecule has 0 fully saturated rings. The number of imide groups is 2. The van der Waals surface area contributed by atoms with Gasteiger partial charge in [0.15, 0.2) is 0 Å². The SMILES string of the molecule is CCCCCCCCCCc1ccc(Oc2cc3c4c(cc(Oc5ccc(CCCCCCCCCC)cc5)c5c6c(Oc7ccc(CCCCCCCCCC)cc7)cc7c8c(cc(Oc9ccc(CCCCCCCCCC)cc9)c(c2c45)c86)C(=O)N(C(C)c2ccccc2)C7=O)C(=O)N(C(C)c2ccccc2)C3=O)cc1. The molecule has 0 aliphatic carbocycles. The van der Waals surface area contributed by atoms with Crippen LogP contribution in [-0.4, -0.2) is 33.4 Å². The molecular formula is C104H122N2O8. The predicted octanol–water partition coefficient (Wildman–Crippen LogP) is 30.4. The van der Waals surface area contributed by atoms with Crippen molar-refractivity contribution < 1.29 is 38.1 Å². The van der Waals surface area contributed by atoms with Crippen LogP contribution in [0.25, 0.3) is 43.1 Å². The van der Waals surface area contributed by atoms with Crippen molar-refractivity contribution in [3.05, 3.63) is 238 Å². The van der Waals surface area contributed by atoms with E-state index >= 15 is 19.2 Å². The molecule has 2 aliphatic heterocycles. The van der Waals surface area contributed by atoms with Gasteiger partial charge in [-0.15, -0.1) is 0 Å². The molecule has 0 spiro atoms. The minimum absolute atomic E-state index is 0.264. The lowest BCUT2D eigenvalue weighted by Gasteiger charge is -2.35. The quantitative estimate of drug-likeness (QED) is 0.0160. The topological polar surface area (TPSA) is 112 Å². The van der Waals surface area contributed by atoms with E-state index in [2.05, 4.69) is 76.2 Å². The highest BCUT2D eigenvalue weighted by atomic mass is 16.5. The zero-order valence-electron chi connectivity index (χ0n) is 69.1. The van der Waals surface area contributed by atoms with Gasteiger partial charge in [0, 0.05) is 43.1 Å². The Hall–Kier alpha value is -9.80. The summed E-state index contributed by atoms with van der Waals surface area (Å²) in [5, 5.41) is 3.82. The molecule has 114 heavy (non-hydrogen) atoms. The van der Waals surface area contributed by atoms with Crippen LogP contribution in [0.5, 0.6) is 46.0 Å². The summed E-state index contributed by atoms with van der Waals surface area (Å²) < 4.78 is 30.0. The van der Waals surface area contributed by atoms with Crippen LogP contribution >= 0.6 is 0 Å². The fourth-order valence-electron chi connectivity index (χ4n) is 17.6. The average molecular weight is 1530 g/mol. The number of fused-ring (bicyclic) bond motifs is 2. The summed E-state index contributed by atoms with van der Waals surface area (Å²) in [5.74, 6) is 1.38. The lowest BCUT2D eigenvalue weighted by molar-refractivity contribution is 0.0533. The summed E-state index contributed by atoms with van der Waals surface area (Å²) in [6, 6.07) is 58.4. The van der Waals surface area contributed by atoms with Crippen molar-refractivity contribution in [2.75, 3.05) is 0 Å². The second-order valence-electron chi connectivity index (χ2n) is 32.7. The molecule has 2 aliphatic rings. The molecule has 0 N–H and O–H groups in total. The predicted molar refractivity (Wildman–Crippen MR) is 470 cm³/mol. The third kappa shape index (κ3) is 19.8. The van der Waals surface area contributed by atoms with E-state index in [0.29, 0.717) is 89.1 Å². The first kappa shape index (κ1) is 82.2. The van der Waals surface area contributed by atoms with Crippen molar-refractivity contribution in [1.29, 1.82) is 0 Å². The second kappa shape index (κ2) is 41.0. The Balaban J connectivity index is 1.04. The number of nitrogens with zero attached hydrogens (tertiary/aromatic N) is 2. The van der Waals surface area contributed by atoms with Gasteiger partial charge < -0.3 is 18.9 Å². The first-order valence-electron chi connectivity index (χ1n) is 44.3. The van der Waals surface area contributed by atoms with E-state index in [-0.39, 0.29) is 22.3 Å². The molecule has 2 heterocycles. The highest BCUT2D eigenvalue weighted by Gasteiger charge is 2.44. The summed E-state index contributed by atoms with van der Waals surface area (Å²) in [4.78, 5) is 67.9. The third-order valence-corrected chi connectivity index (χ3v) is 24.2. The van der Waals surface area contributed by atoms with Crippen molar-refractivity contribution in [3.63, 3.8) is 0 Å². The van der Waals surface area contributed by atoms with Crippen LogP contribution in [0.1, 0.15) is 334 Å². The Kier molecular flexibility index (Phi) is 29.5. The molecule has 13 rings (SSSR count). The monoisotopic (exact) mass is 1530 g/mol. The standard InChI is InChI=1S/C104H122N2O8/c1-7-11-15-19-23-27-31-37-45-75-53-61-81(62-54-75)111-89-69-85-93-86(102(108)105(101(85)107)73(5)79-49-41-35-42-50-79)71-91(113-83-65-57-77(58-66-83)47-39-33-29-25-21-17-13-9-3)97-98-92(114-84-67-59-78(60-68-84)48-40-34-30-26-22-18-14-10-4)72-88-94-87(103(109)106(104(88)110)74(6)80-51-43-36-44-52-80)70-90(96(100(94)98)95(89)99(93)97)112-82-63-55-76(56-64-82)46-38-32-28-24-20-16-12-8-2/h35-36,41-44,49-74H,7-34,37-40,45-48H2,1-6H3. The van der Waals surface area contributed by atoms with Gasteiger partial charge in [-0.3, -0.25) is 29.0 Å². The molecule has 4 amide bonds. The van der Waals surface area contributed by atoms with Gasteiger partial charge in [-0.05, 0) is 171 Å². The minimum Gasteiger partial charge on any atom is -0.457 e. The maximum atomic E-state index is 16.3. The van der Waals surface area contributed by atoms with Gasteiger partial charge in [0.25, 0.3) is 23.6 Å². The van der Waals surface area contributed by atoms with Gasteiger partial charge in [-0.2, -0.15) is 0 Å². The summed E-state index contributed by atoms with van der Waals surface area (Å²) in [5.41, 5.74) is 7.42. The molecule has 10 heteroatoms. The first-order valence-corrected chi connectivity index (χ1v) is 44.3. The number of unbranched alkanes of at least 4 members (excludes halogenated alkanes) is 28. The van der Waals surface area contributed by atoms with Gasteiger partial charge >= 0.3 is 0 Å². The second-order valence-corrected chi connectivity index (χ2v) is 32.7. The molecule has 2 unspecified atom stereocenters. The Morgan fingerprint density at radius 3 is 0.649 bits per heavy atom. The molecule has 11 aromatic rings. The van der Waals surface area contributed by atoms with Gasteiger partial charge in [0.1, 0.15) is 46.0 Å². The number of carbonyl (C=O) groups is 4. The normalized spacial score (nSPS) is 13.4. The lowest BCUT2D eigenvalue weighted by atomic mass is 9.80. The maximum Gasteiger partial charge on any atom is 0.262 e. The molecule has 0 saturated heterocycles. The summed E-state index contributed by atoms with van der Waals surface area (Å²) in [6.07, 6.45) is 42.9. The number of hydrogen-bond acceptors (Lipinski definition) is 8. The van der Waals surface area contributed by atoms with E-state index in [9.17, 15) is 0 Å². The molecule has 0 radical (unpaired) electrons. The van der Waals surface area contributed by atoms with Gasteiger partial charge in [-0.1, -0.05) is 317 Å². The van der Waals surface area contributed by atoms with Gasteiger partial charge in [0.2, 0.25) is 0 Å². The number of aryl methyl sites for hydroxylation is 4. The third-order valence-electron chi connectivity index (χ3n) is 24.2. The van der Waals surface area contributed by atoms with Crippen LogP contribution in [0, 0.1) is 0 Å². The van der Waals surface area contributed by atoms with Crippen molar-refractivity contribution in [3.8, 4) is 46.0 Å². The van der Waals surface area contributed by atoms with Crippen LogP contribution in [0.15, 0.2) is 182 Å². The molecular weight excluding hydrogens is 1410 g/mol. The Labute approximate surface area is 679 Å². The number of benzene rings is 11. The summed E-state index contributed by atoms with van der Waals surface area (Å²) in [6.45, 7) is 12.8. The summed E-state index contributed by atoms with van der Waals surface area (Å²) in [7, 11) is 0. The molecule has 596 valence electrons. The molecule has 0 bridgehead atoms. The van der Waals surface area contributed by atoms with Crippen molar-refractivity contribution in [1.82, 2.24) is 9.80 Å². The van der Waals surface area contributed by atoms with E-state index in [1.165, 1.54) is 186 Å². The smallest absolute Gasteiger partial charge is 0.262 e. The minimum atomic E-state index is -0.688.